The van der Waals surface area contributed by atoms with Crippen molar-refractivity contribution in [1.29, 1.82) is 0 Å². The number of imide groups is 1. The summed E-state index contributed by atoms with van der Waals surface area (Å²) < 4.78 is 31.5. The molecular formula is C20H20N2O6S. The molecule has 29 heavy (non-hydrogen) atoms. The van der Waals surface area contributed by atoms with E-state index in [1.54, 1.807) is 30.3 Å². The molecule has 1 N–H and O–H groups in total. The molecule has 2 amide bonds. The first kappa shape index (κ1) is 20.7. The van der Waals surface area contributed by atoms with Gasteiger partial charge in [-0.1, -0.05) is 24.3 Å². The lowest BCUT2D eigenvalue weighted by Gasteiger charge is -2.15. The summed E-state index contributed by atoms with van der Waals surface area (Å²) in [6.45, 7) is 0.236. The van der Waals surface area contributed by atoms with Crippen LogP contribution in [0, 0.1) is 0 Å². The van der Waals surface area contributed by atoms with Crippen LogP contribution in [0.25, 0.3) is 0 Å². The third-order valence-electron chi connectivity index (χ3n) is 4.40. The van der Waals surface area contributed by atoms with Crippen LogP contribution in [-0.2, 0) is 19.6 Å². The van der Waals surface area contributed by atoms with E-state index in [4.69, 9.17) is 4.74 Å². The summed E-state index contributed by atoms with van der Waals surface area (Å²) >= 11 is 0. The van der Waals surface area contributed by atoms with Gasteiger partial charge in [-0.2, -0.15) is 4.31 Å². The molecule has 1 fully saturated rings. The normalized spacial score (nSPS) is 14.3. The molecule has 3 rings (SSSR count). The van der Waals surface area contributed by atoms with Crippen molar-refractivity contribution in [2.24, 2.45) is 0 Å². The van der Waals surface area contributed by atoms with Crippen LogP contribution in [0.2, 0.25) is 0 Å². The maximum atomic E-state index is 12.6. The number of nitrogens with zero attached hydrogens (tertiary/aromatic N) is 1. The van der Waals surface area contributed by atoms with Gasteiger partial charge in [-0.3, -0.25) is 14.9 Å². The molecule has 0 aromatic heterocycles. The zero-order valence-electron chi connectivity index (χ0n) is 15.5. The molecule has 8 nitrogen and oxygen atoms in total. The number of esters is 1. The summed E-state index contributed by atoms with van der Waals surface area (Å²) in [7, 11) is -3.67. The number of ether oxygens (including phenoxy) is 1. The Kier molecular flexibility index (Phi) is 6.40. The maximum absolute atomic E-state index is 12.6. The van der Waals surface area contributed by atoms with Gasteiger partial charge in [-0.05, 0) is 43.2 Å². The SMILES string of the molecule is O=C(COC(=O)c1cccc(S(=O)(=O)N2CCCC2)c1)NC(=O)c1ccccc1. The van der Waals surface area contributed by atoms with E-state index >= 15 is 0 Å². The Morgan fingerprint density at radius 2 is 1.59 bits per heavy atom. The van der Waals surface area contributed by atoms with Gasteiger partial charge in [0, 0.05) is 18.7 Å². The molecular weight excluding hydrogens is 396 g/mol. The molecule has 0 atom stereocenters. The molecule has 1 aliphatic heterocycles. The molecule has 2 aromatic rings. The fourth-order valence-electron chi connectivity index (χ4n) is 2.90. The van der Waals surface area contributed by atoms with Crippen LogP contribution in [0.15, 0.2) is 59.5 Å². The van der Waals surface area contributed by atoms with Crippen molar-refractivity contribution in [1.82, 2.24) is 9.62 Å². The van der Waals surface area contributed by atoms with Gasteiger partial charge in [0.2, 0.25) is 10.0 Å². The summed E-state index contributed by atoms with van der Waals surface area (Å²) in [5.41, 5.74) is 0.305. The number of carbonyl (C=O) groups excluding carboxylic acids is 3. The van der Waals surface area contributed by atoms with Crippen LogP contribution in [0.5, 0.6) is 0 Å². The molecule has 0 aliphatic carbocycles. The fourth-order valence-corrected chi connectivity index (χ4v) is 4.46. The predicted octanol–water partition coefficient (Wildman–Crippen LogP) is 1.58. The molecule has 0 bridgehead atoms. The maximum Gasteiger partial charge on any atom is 0.338 e. The van der Waals surface area contributed by atoms with Crippen LogP contribution in [0.4, 0.5) is 0 Å². The van der Waals surface area contributed by atoms with E-state index in [1.807, 2.05) is 0 Å². The highest BCUT2D eigenvalue weighted by molar-refractivity contribution is 7.89. The third kappa shape index (κ3) is 5.07. The first-order valence-electron chi connectivity index (χ1n) is 9.04. The number of amides is 2. The smallest absolute Gasteiger partial charge is 0.338 e. The van der Waals surface area contributed by atoms with Crippen molar-refractivity contribution in [2.75, 3.05) is 19.7 Å². The fraction of sp³-hybridized carbons (Fsp3) is 0.250. The van der Waals surface area contributed by atoms with Crippen molar-refractivity contribution in [3.63, 3.8) is 0 Å². The Bertz CT molecular complexity index is 1010. The van der Waals surface area contributed by atoms with E-state index < -0.39 is 34.4 Å². The summed E-state index contributed by atoms with van der Waals surface area (Å²) in [5, 5.41) is 2.12. The number of rotatable bonds is 6. The molecule has 2 aromatic carbocycles. The van der Waals surface area contributed by atoms with Crippen LogP contribution in [0.1, 0.15) is 33.6 Å². The van der Waals surface area contributed by atoms with Crippen LogP contribution in [0.3, 0.4) is 0 Å². The zero-order valence-corrected chi connectivity index (χ0v) is 16.4. The molecule has 0 unspecified atom stereocenters. The van der Waals surface area contributed by atoms with Gasteiger partial charge in [-0.25, -0.2) is 13.2 Å². The highest BCUT2D eigenvalue weighted by Gasteiger charge is 2.27. The van der Waals surface area contributed by atoms with E-state index in [2.05, 4.69) is 5.32 Å². The Balaban J connectivity index is 1.59. The molecule has 1 aliphatic rings. The highest BCUT2D eigenvalue weighted by Crippen LogP contribution is 2.21. The number of hydrogen-bond donors (Lipinski definition) is 1. The quantitative estimate of drug-likeness (QED) is 0.716. The molecule has 0 saturated carbocycles. The van der Waals surface area contributed by atoms with Gasteiger partial charge in [0.25, 0.3) is 11.8 Å². The average molecular weight is 416 g/mol. The van der Waals surface area contributed by atoms with Crippen molar-refractivity contribution in [3.8, 4) is 0 Å². The van der Waals surface area contributed by atoms with E-state index in [9.17, 15) is 22.8 Å². The van der Waals surface area contributed by atoms with E-state index in [1.165, 1.54) is 28.6 Å². The Labute approximate surface area is 168 Å². The third-order valence-corrected chi connectivity index (χ3v) is 6.29. The summed E-state index contributed by atoms with van der Waals surface area (Å²) in [6, 6.07) is 13.6. The molecule has 1 saturated heterocycles. The van der Waals surface area contributed by atoms with Crippen molar-refractivity contribution in [3.05, 3.63) is 65.7 Å². The van der Waals surface area contributed by atoms with E-state index in [0.29, 0.717) is 18.7 Å². The number of nitrogens with one attached hydrogen (secondary N) is 1. The monoisotopic (exact) mass is 416 g/mol. The predicted molar refractivity (Wildman–Crippen MR) is 104 cm³/mol. The lowest BCUT2D eigenvalue weighted by molar-refractivity contribution is -0.123. The van der Waals surface area contributed by atoms with Crippen LogP contribution >= 0.6 is 0 Å². The summed E-state index contributed by atoms with van der Waals surface area (Å²) in [5.74, 6) is -2.25. The van der Waals surface area contributed by atoms with Gasteiger partial charge in [0.15, 0.2) is 6.61 Å². The van der Waals surface area contributed by atoms with Gasteiger partial charge >= 0.3 is 5.97 Å². The minimum Gasteiger partial charge on any atom is -0.452 e. The lowest BCUT2D eigenvalue weighted by atomic mass is 10.2. The first-order valence-corrected chi connectivity index (χ1v) is 10.5. The molecule has 9 heteroatoms. The number of carbonyl (C=O) groups is 3. The molecule has 1 heterocycles. The largest absolute Gasteiger partial charge is 0.452 e. The zero-order chi connectivity index (χ0) is 20.9. The number of sulfonamides is 1. The van der Waals surface area contributed by atoms with Crippen LogP contribution < -0.4 is 5.32 Å². The Morgan fingerprint density at radius 3 is 2.28 bits per heavy atom. The van der Waals surface area contributed by atoms with Crippen molar-refractivity contribution >= 4 is 27.8 Å². The van der Waals surface area contributed by atoms with Crippen molar-refractivity contribution in [2.45, 2.75) is 17.7 Å². The minimum absolute atomic E-state index is 0.00226. The summed E-state index contributed by atoms with van der Waals surface area (Å²) in [4.78, 5) is 36.0. The minimum atomic E-state index is -3.67. The van der Waals surface area contributed by atoms with E-state index in [-0.39, 0.29) is 10.5 Å². The number of benzene rings is 2. The first-order chi connectivity index (χ1) is 13.9. The Morgan fingerprint density at radius 1 is 0.931 bits per heavy atom. The van der Waals surface area contributed by atoms with Gasteiger partial charge in [-0.15, -0.1) is 0 Å². The lowest BCUT2D eigenvalue weighted by Crippen LogP contribution is -2.34. The second-order valence-corrected chi connectivity index (χ2v) is 8.40. The topological polar surface area (TPSA) is 110 Å². The average Bonchev–Trinajstić information content (AvgIpc) is 3.28. The molecule has 0 radical (unpaired) electrons. The second kappa shape index (κ2) is 8.97. The Hall–Kier alpha value is -3.04. The highest BCUT2D eigenvalue weighted by atomic mass is 32.2. The standard InChI is InChI=1S/C20H20N2O6S/c23-18(21-19(24)15-7-2-1-3-8-15)14-28-20(25)16-9-6-10-17(13-16)29(26,27)22-11-4-5-12-22/h1-3,6-10,13H,4-5,11-12,14H2,(H,21,23,24). The summed E-state index contributed by atoms with van der Waals surface area (Å²) in [6.07, 6.45) is 1.61. The van der Waals surface area contributed by atoms with Gasteiger partial charge < -0.3 is 4.74 Å². The molecule has 152 valence electrons. The number of hydrogen-bond acceptors (Lipinski definition) is 6. The van der Waals surface area contributed by atoms with Gasteiger partial charge in [0.05, 0.1) is 10.5 Å². The molecule has 0 spiro atoms. The second-order valence-electron chi connectivity index (χ2n) is 6.46. The van der Waals surface area contributed by atoms with E-state index in [0.717, 1.165) is 12.8 Å². The van der Waals surface area contributed by atoms with Gasteiger partial charge in [0.1, 0.15) is 0 Å². The van der Waals surface area contributed by atoms with Crippen molar-refractivity contribution < 1.29 is 27.5 Å². The van der Waals surface area contributed by atoms with Crippen LogP contribution in [-0.4, -0.2) is 50.2 Å².